The van der Waals surface area contributed by atoms with Gasteiger partial charge in [0, 0.05) is 17.1 Å². The van der Waals surface area contributed by atoms with Crippen molar-refractivity contribution in [3.05, 3.63) is 46.8 Å². The monoisotopic (exact) mass is 239 g/mol. The zero-order valence-electron chi connectivity index (χ0n) is 10.8. The molecule has 1 N–H and O–H groups in total. The van der Waals surface area contributed by atoms with E-state index < -0.39 is 0 Å². The predicted molar refractivity (Wildman–Crippen MR) is 73.3 cm³/mol. The van der Waals surface area contributed by atoms with Gasteiger partial charge in [0.1, 0.15) is 0 Å². The maximum absolute atomic E-state index is 4.61. The average Bonchev–Trinajstić information content (AvgIpc) is 2.81. The molecule has 18 heavy (non-hydrogen) atoms. The van der Waals surface area contributed by atoms with Crippen LogP contribution < -0.4 is 5.32 Å². The van der Waals surface area contributed by atoms with Crippen molar-refractivity contribution in [2.24, 2.45) is 0 Å². The second kappa shape index (κ2) is 4.41. The highest BCUT2D eigenvalue weighted by Crippen LogP contribution is 2.24. The van der Waals surface area contributed by atoms with Crippen molar-refractivity contribution in [3.63, 3.8) is 0 Å². The number of aromatic nitrogens is 2. The summed E-state index contributed by atoms with van der Waals surface area (Å²) in [7, 11) is 0. The first-order chi connectivity index (χ1) is 8.72. The molecule has 0 atom stereocenters. The number of benzene rings is 1. The highest BCUT2D eigenvalue weighted by Gasteiger charge is 2.16. The molecule has 92 valence electrons. The summed E-state index contributed by atoms with van der Waals surface area (Å²) in [5, 5.41) is 3.28. The standard InChI is InChI=1S/C15H17N3/c1-10-6-8-12(9-7-10)17-15-16-11(2)13-4-3-5-14(13)18-15/h6-9H,3-5H2,1-2H3,(H,16,17,18). The van der Waals surface area contributed by atoms with Gasteiger partial charge in [-0.25, -0.2) is 9.97 Å². The minimum Gasteiger partial charge on any atom is -0.324 e. The molecule has 2 aromatic rings. The lowest BCUT2D eigenvalue weighted by molar-refractivity contribution is 0.899. The van der Waals surface area contributed by atoms with Gasteiger partial charge in [0.25, 0.3) is 0 Å². The maximum Gasteiger partial charge on any atom is 0.227 e. The zero-order valence-corrected chi connectivity index (χ0v) is 10.8. The summed E-state index contributed by atoms with van der Waals surface area (Å²) in [6.45, 7) is 4.16. The number of nitrogens with zero attached hydrogens (tertiary/aromatic N) is 2. The summed E-state index contributed by atoms with van der Waals surface area (Å²) in [6, 6.07) is 8.29. The Morgan fingerprint density at radius 1 is 1.00 bits per heavy atom. The van der Waals surface area contributed by atoms with Gasteiger partial charge in [0.05, 0.1) is 0 Å². The first kappa shape index (κ1) is 11.2. The fourth-order valence-electron chi connectivity index (χ4n) is 2.44. The van der Waals surface area contributed by atoms with Crippen LogP contribution in [0.25, 0.3) is 0 Å². The van der Waals surface area contributed by atoms with Crippen LogP contribution in [0.1, 0.15) is 28.9 Å². The molecule has 0 amide bonds. The average molecular weight is 239 g/mol. The molecule has 3 rings (SSSR count). The fourth-order valence-corrected chi connectivity index (χ4v) is 2.44. The van der Waals surface area contributed by atoms with Crippen molar-refractivity contribution in [2.75, 3.05) is 5.32 Å². The smallest absolute Gasteiger partial charge is 0.227 e. The Morgan fingerprint density at radius 2 is 1.78 bits per heavy atom. The van der Waals surface area contributed by atoms with E-state index in [1.807, 2.05) is 0 Å². The third-order valence-electron chi connectivity index (χ3n) is 3.45. The molecular formula is C15H17N3. The summed E-state index contributed by atoms with van der Waals surface area (Å²) < 4.78 is 0. The molecule has 0 radical (unpaired) electrons. The second-order valence-electron chi connectivity index (χ2n) is 4.90. The minimum atomic E-state index is 0.719. The Hall–Kier alpha value is -1.90. The second-order valence-corrected chi connectivity index (χ2v) is 4.90. The highest BCUT2D eigenvalue weighted by molar-refractivity contribution is 5.54. The SMILES string of the molecule is Cc1ccc(Nc2nc(C)c3c(n2)CCC3)cc1. The van der Waals surface area contributed by atoms with E-state index >= 15 is 0 Å². The van der Waals surface area contributed by atoms with E-state index in [1.54, 1.807) is 0 Å². The van der Waals surface area contributed by atoms with Crippen molar-refractivity contribution < 1.29 is 0 Å². The van der Waals surface area contributed by atoms with Gasteiger partial charge in [-0.2, -0.15) is 0 Å². The van der Waals surface area contributed by atoms with Gasteiger partial charge < -0.3 is 5.32 Å². The number of aryl methyl sites for hydroxylation is 3. The number of fused-ring (bicyclic) bond motifs is 1. The molecule has 3 nitrogen and oxygen atoms in total. The fraction of sp³-hybridized carbons (Fsp3) is 0.333. The quantitative estimate of drug-likeness (QED) is 0.873. The lowest BCUT2D eigenvalue weighted by Gasteiger charge is -2.09. The van der Waals surface area contributed by atoms with Crippen LogP contribution in [-0.2, 0) is 12.8 Å². The largest absolute Gasteiger partial charge is 0.324 e. The molecule has 1 aliphatic rings. The van der Waals surface area contributed by atoms with Crippen molar-refractivity contribution >= 4 is 11.6 Å². The van der Waals surface area contributed by atoms with Gasteiger partial charge in [-0.1, -0.05) is 17.7 Å². The van der Waals surface area contributed by atoms with Crippen LogP contribution in [0.5, 0.6) is 0 Å². The zero-order chi connectivity index (χ0) is 12.5. The lowest BCUT2D eigenvalue weighted by atomic mass is 10.2. The molecule has 1 heterocycles. The van der Waals surface area contributed by atoms with E-state index in [2.05, 4.69) is 53.4 Å². The predicted octanol–water partition coefficient (Wildman–Crippen LogP) is 3.33. The van der Waals surface area contributed by atoms with Crippen LogP contribution in [0, 0.1) is 13.8 Å². The van der Waals surface area contributed by atoms with E-state index in [9.17, 15) is 0 Å². The Balaban J connectivity index is 1.89. The van der Waals surface area contributed by atoms with E-state index in [-0.39, 0.29) is 0 Å². The molecule has 0 aliphatic heterocycles. The number of anilines is 2. The molecule has 1 aliphatic carbocycles. The first-order valence-electron chi connectivity index (χ1n) is 6.42. The van der Waals surface area contributed by atoms with Gasteiger partial charge in [-0.05, 0) is 50.8 Å². The Labute approximate surface area is 107 Å². The van der Waals surface area contributed by atoms with Crippen LogP contribution >= 0.6 is 0 Å². The van der Waals surface area contributed by atoms with Gasteiger partial charge in [0.2, 0.25) is 5.95 Å². The third kappa shape index (κ3) is 2.08. The normalized spacial score (nSPS) is 13.4. The summed E-state index contributed by atoms with van der Waals surface area (Å²) in [4.78, 5) is 9.15. The molecule has 0 spiro atoms. The number of rotatable bonds is 2. The summed E-state index contributed by atoms with van der Waals surface area (Å²) in [5.74, 6) is 0.719. The Bertz CT molecular complexity index is 573. The lowest BCUT2D eigenvalue weighted by Crippen LogP contribution is -2.03. The number of nitrogens with one attached hydrogen (secondary N) is 1. The Morgan fingerprint density at radius 3 is 2.56 bits per heavy atom. The van der Waals surface area contributed by atoms with Gasteiger partial charge in [-0.15, -0.1) is 0 Å². The first-order valence-corrected chi connectivity index (χ1v) is 6.42. The molecule has 0 saturated heterocycles. The topological polar surface area (TPSA) is 37.8 Å². The van der Waals surface area contributed by atoms with Gasteiger partial charge in [-0.3, -0.25) is 0 Å². The number of hydrogen-bond donors (Lipinski definition) is 1. The van der Waals surface area contributed by atoms with Crippen LogP contribution in [0.15, 0.2) is 24.3 Å². The Kier molecular flexibility index (Phi) is 2.74. The molecule has 0 unspecified atom stereocenters. The van der Waals surface area contributed by atoms with Crippen molar-refractivity contribution in [1.29, 1.82) is 0 Å². The van der Waals surface area contributed by atoms with E-state index in [0.29, 0.717) is 0 Å². The van der Waals surface area contributed by atoms with Crippen LogP contribution in [-0.4, -0.2) is 9.97 Å². The molecule has 1 aromatic carbocycles. The molecule has 0 saturated carbocycles. The highest BCUT2D eigenvalue weighted by atomic mass is 15.1. The van der Waals surface area contributed by atoms with Crippen molar-refractivity contribution in [3.8, 4) is 0 Å². The van der Waals surface area contributed by atoms with Gasteiger partial charge in [0.15, 0.2) is 0 Å². The van der Waals surface area contributed by atoms with Crippen LogP contribution in [0.3, 0.4) is 0 Å². The van der Waals surface area contributed by atoms with E-state index in [4.69, 9.17) is 0 Å². The summed E-state index contributed by atoms with van der Waals surface area (Å²) in [5.41, 5.74) is 5.98. The number of hydrogen-bond acceptors (Lipinski definition) is 3. The molecule has 0 fully saturated rings. The molecule has 1 aromatic heterocycles. The van der Waals surface area contributed by atoms with Gasteiger partial charge >= 0.3 is 0 Å². The summed E-state index contributed by atoms with van der Waals surface area (Å²) >= 11 is 0. The van der Waals surface area contributed by atoms with Crippen molar-refractivity contribution in [2.45, 2.75) is 33.1 Å². The molecule has 0 bridgehead atoms. The van der Waals surface area contributed by atoms with E-state index in [0.717, 1.165) is 30.2 Å². The van der Waals surface area contributed by atoms with Crippen LogP contribution in [0.2, 0.25) is 0 Å². The molecular weight excluding hydrogens is 222 g/mol. The van der Waals surface area contributed by atoms with E-state index in [1.165, 1.54) is 23.2 Å². The minimum absolute atomic E-state index is 0.719. The van der Waals surface area contributed by atoms with Crippen LogP contribution in [0.4, 0.5) is 11.6 Å². The van der Waals surface area contributed by atoms with Crippen molar-refractivity contribution in [1.82, 2.24) is 9.97 Å². The summed E-state index contributed by atoms with van der Waals surface area (Å²) in [6.07, 6.45) is 3.42. The molecule has 3 heteroatoms. The maximum atomic E-state index is 4.61. The third-order valence-corrected chi connectivity index (χ3v) is 3.45.